The topological polar surface area (TPSA) is 45.6 Å². The summed E-state index contributed by atoms with van der Waals surface area (Å²) in [6, 6.07) is 3.80. The molecule has 2 unspecified atom stereocenters. The Kier molecular flexibility index (Phi) is 3.84. The van der Waals surface area contributed by atoms with Crippen LogP contribution in [0.15, 0.2) is 18.3 Å². The molecular formula is C13H20N2O2. The van der Waals surface area contributed by atoms with Gasteiger partial charge in [-0.3, -0.25) is 0 Å². The van der Waals surface area contributed by atoms with Crippen LogP contribution in [0, 0.1) is 5.92 Å². The fraction of sp³-hybridized carbons (Fsp3) is 0.615. The van der Waals surface area contributed by atoms with Crippen molar-refractivity contribution in [3.05, 3.63) is 18.3 Å². The minimum absolute atomic E-state index is 0.278. The first kappa shape index (κ1) is 12.2. The molecule has 2 heterocycles. The SMILES string of the molecule is CCOc1cccnc1N1CCC(C)C(O)C1. The first-order valence-electron chi connectivity index (χ1n) is 6.23. The highest BCUT2D eigenvalue weighted by molar-refractivity contribution is 5.52. The molecule has 1 aliphatic rings. The van der Waals surface area contributed by atoms with Crippen molar-refractivity contribution in [2.45, 2.75) is 26.4 Å². The number of pyridine rings is 1. The molecule has 0 saturated carbocycles. The second kappa shape index (κ2) is 5.36. The molecule has 0 radical (unpaired) electrons. The number of aromatic nitrogens is 1. The normalized spacial score (nSPS) is 24.8. The Morgan fingerprint density at radius 2 is 2.41 bits per heavy atom. The maximum Gasteiger partial charge on any atom is 0.171 e. The third-order valence-corrected chi connectivity index (χ3v) is 3.27. The molecule has 2 atom stereocenters. The van der Waals surface area contributed by atoms with Crippen LogP contribution in [0.25, 0.3) is 0 Å². The van der Waals surface area contributed by atoms with Crippen molar-refractivity contribution < 1.29 is 9.84 Å². The molecule has 0 bridgehead atoms. The lowest BCUT2D eigenvalue weighted by molar-refractivity contribution is 0.102. The Hall–Kier alpha value is -1.29. The van der Waals surface area contributed by atoms with Gasteiger partial charge in [-0.05, 0) is 31.4 Å². The summed E-state index contributed by atoms with van der Waals surface area (Å²) in [4.78, 5) is 6.48. The molecule has 1 N–H and O–H groups in total. The van der Waals surface area contributed by atoms with Gasteiger partial charge in [0.2, 0.25) is 0 Å². The van der Waals surface area contributed by atoms with E-state index in [-0.39, 0.29) is 6.10 Å². The lowest BCUT2D eigenvalue weighted by Gasteiger charge is -2.35. The molecule has 4 heteroatoms. The van der Waals surface area contributed by atoms with Crippen LogP contribution in [0.5, 0.6) is 5.75 Å². The van der Waals surface area contributed by atoms with Crippen LogP contribution in [0.4, 0.5) is 5.82 Å². The van der Waals surface area contributed by atoms with Gasteiger partial charge in [-0.25, -0.2) is 4.98 Å². The quantitative estimate of drug-likeness (QED) is 0.867. The molecule has 0 aromatic carbocycles. The summed E-state index contributed by atoms with van der Waals surface area (Å²) >= 11 is 0. The first-order chi connectivity index (χ1) is 8.22. The maximum atomic E-state index is 9.92. The van der Waals surface area contributed by atoms with Gasteiger partial charge in [0.15, 0.2) is 11.6 Å². The van der Waals surface area contributed by atoms with E-state index < -0.39 is 0 Å². The Morgan fingerprint density at radius 1 is 1.59 bits per heavy atom. The molecule has 1 aliphatic heterocycles. The number of rotatable bonds is 3. The van der Waals surface area contributed by atoms with Crippen LogP contribution in [-0.4, -0.2) is 35.9 Å². The molecule has 2 rings (SSSR count). The number of β-amino-alcohol motifs (C(OH)–C–C–N with tert-alkyl or cyclic N) is 1. The highest BCUT2D eigenvalue weighted by Crippen LogP contribution is 2.29. The van der Waals surface area contributed by atoms with Crippen molar-refractivity contribution in [1.29, 1.82) is 0 Å². The highest BCUT2D eigenvalue weighted by Gasteiger charge is 2.26. The van der Waals surface area contributed by atoms with Gasteiger partial charge in [0.25, 0.3) is 0 Å². The van der Waals surface area contributed by atoms with E-state index in [4.69, 9.17) is 4.74 Å². The van der Waals surface area contributed by atoms with Crippen LogP contribution in [0.3, 0.4) is 0 Å². The van der Waals surface area contributed by atoms with Crippen molar-refractivity contribution >= 4 is 5.82 Å². The summed E-state index contributed by atoms with van der Waals surface area (Å²) in [5, 5.41) is 9.92. The van der Waals surface area contributed by atoms with E-state index >= 15 is 0 Å². The van der Waals surface area contributed by atoms with Crippen molar-refractivity contribution in [2.75, 3.05) is 24.6 Å². The molecule has 1 saturated heterocycles. The third-order valence-electron chi connectivity index (χ3n) is 3.27. The number of hydrogen-bond donors (Lipinski definition) is 1. The fourth-order valence-corrected chi connectivity index (χ4v) is 2.13. The van der Waals surface area contributed by atoms with E-state index in [2.05, 4.69) is 16.8 Å². The van der Waals surface area contributed by atoms with Crippen LogP contribution in [0.2, 0.25) is 0 Å². The van der Waals surface area contributed by atoms with Crippen molar-refractivity contribution in [3.8, 4) is 5.75 Å². The standard InChI is InChI=1S/C13H20N2O2/c1-3-17-12-5-4-7-14-13(12)15-8-6-10(2)11(16)9-15/h4-5,7,10-11,16H,3,6,8-9H2,1-2H3. The average Bonchev–Trinajstić information content (AvgIpc) is 2.34. The van der Waals surface area contributed by atoms with E-state index in [1.807, 2.05) is 19.1 Å². The molecule has 0 amide bonds. The summed E-state index contributed by atoms with van der Waals surface area (Å²) < 4.78 is 5.57. The average molecular weight is 236 g/mol. The number of anilines is 1. The van der Waals surface area contributed by atoms with E-state index in [1.54, 1.807) is 6.20 Å². The number of piperidine rings is 1. The fourth-order valence-electron chi connectivity index (χ4n) is 2.13. The second-order valence-corrected chi connectivity index (χ2v) is 4.54. The Morgan fingerprint density at radius 3 is 3.12 bits per heavy atom. The molecule has 0 aliphatic carbocycles. The van der Waals surface area contributed by atoms with E-state index in [9.17, 15) is 5.11 Å². The molecule has 17 heavy (non-hydrogen) atoms. The van der Waals surface area contributed by atoms with Gasteiger partial charge in [0.1, 0.15) is 0 Å². The maximum absolute atomic E-state index is 9.92. The number of ether oxygens (including phenoxy) is 1. The molecule has 1 aromatic heterocycles. The van der Waals surface area contributed by atoms with E-state index in [0.717, 1.165) is 24.5 Å². The lowest BCUT2D eigenvalue weighted by Crippen LogP contribution is -2.43. The Labute approximate surface area is 102 Å². The van der Waals surface area contributed by atoms with Crippen LogP contribution in [0.1, 0.15) is 20.3 Å². The minimum atomic E-state index is -0.278. The van der Waals surface area contributed by atoms with Crippen molar-refractivity contribution in [3.63, 3.8) is 0 Å². The van der Waals surface area contributed by atoms with Crippen LogP contribution >= 0.6 is 0 Å². The summed E-state index contributed by atoms with van der Waals surface area (Å²) in [5.41, 5.74) is 0. The van der Waals surface area contributed by atoms with Gasteiger partial charge in [-0.2, -0.15) is 0 Å². The molecule has 1 fully saturated rings. The van der Waals surface area contributed by atoms with Gasteiger partial charge in [0, 0.05) is 19.3 Å². The lowest BCUT2D eigenvalue weighted by atomic mass is 9.96. The molecule has 4 nitrogen and oxygen atoms in total. The first-order valence-corrected chi connectivity index (χ1v) is 6.23. The Bertz CT molecular complexity index is 370. The minimum Gasteiger partial charge on any atom is -0.490 e. The molecular weight excluding hydrogens is 216 g/mol. The second-order valence-electron chi connectivity index (χ2n) is 4.54. The number of nitrogens with zero attached hydrogens (tertiary/aromatic N) is 2. The van der Waals surface area contributed by atoms with Crippen LogP contribution in [-0.2, 0) is 0 Å². The predicted molar refractivity (Wildman–Crippen MR) is 67.4 cm³/mol. The third kappa shape index (κ3) is 2.69. The zero-order chi connectivity index (χ0) is 12.3. The molecule has 94 valence electrons. The number of aliphatic hydroxyl groups excluding tert-OH is 1. The Balaban J connectivity index is 2.16. The van der Waals surface area contributed by atoms with Crippen molar-refractivity contribution in [2.24, 2.45) is 5.92 Å². The highest BCUT2D eigenvalue weighted by atomic mass is 16.5. The smallest absolute Gasteiger partial charge is 0.171 e. The zero-order valence-corrected chi connectivity index (χ0v) is 10.5. The predicted octanol–water partition coefficient (Wildman–Crippen LogP) is 1.69. The monoisotopic (exact) mass is 236 g/mol. The molecule has 1 aromatic rings. The number of aliphatic hydroxyl groups is 1. The number of hydrogen-bond acceptors (Lipinski definition) is 4. The van der Waals surface area contributed by atoms with Gasteiger partial charge >= 0.3 is 0 Å². The van der Waals surface area contributed by atoms with Crippen molar-refractivity contribution in [1.82, 2.24) is 4.98 Å². The largest absolute Gasteiger partial charge is 0.490 e. The van der Waals surface area contributed by atoms with Gasteiger partial charge in [-0.15, -0.1) is 0 Å². The summed E-state index contributed by atoms with van der Waals surface area (Å²) in [7, 11) is 0. The zero-order valence-electron chi connectivity index (χ0n) is 10.5. The van der Waals surface area contributed by atoms with E-state index in [1.165, 1.54) is 0 Å². The summed E-state index contributed by atoms with van der Waals surface area (Å²) in [5.74, 6) is 2.02. The van der Waals surface area contributed by atoms with Crippen LogP contribution < -0.4 is 9.64 Å². The van der Waals surface area contributed by atoms with Gasteiger partial charge in [-0.1, -0.05) is 6.92 Å². The summed E-state index contributed by atoms with van der Waals surface area (Å²) in [6.45, 7) is 6.24. The molecule has 0 spiro atoms. The summed E-state index contributed by atoms with van der Waals surface area (Å²) in [6.07, 6.45) is 2.48. The van der Waals surface area contributed by atoms with E-state index in [0.29, 0.717) is 19.1 Å². The van der Waals surface area contributed by atoms with Gasteiger partial charge < -0.3 is 14.7 Å². The van der Waals surface area contributed by atoms with Gasteiger partial charge in [0.05, 0.1) is 12.7 Å².